The summed E-state index contributed by atoms with van der Waals surface area (Å²) in [6.07, 6.45) is 2.84. The number of nitrogens with zero attached hydrogens (tertiary/aromatic N) is 4. The van der Waals surface area contributed by atoms with Crippen LogP contribution in [0, 0.1) is 0 Å². The van der Waals surface area contributed by atoms with Crippen LogP contribution < -0.4 is 5.73 Å². The van der Waals surface area contributed by atoms with Gasteiger partial charge in [-0.25, -0.2) is 4.98 Å². The number of amides is 2. The molecule has 1 fully saturated rings. The molecule has 0 aliphatic carbocycles. The minimum atomic E-state index is -1.10. The van der Waals surface area contributed by atoms with Crippen LogP contribution in [0.5, 0.6) is 0 Å². The fourth-order valence-corrected chi connectivity index (χ4v) is 3.41. The van der Waals surface area contributed by atoms with E-state index in [1.807, 2.05) is 18.2 Å². The first-order chi connectivity index (χ1) is 14.0. The van der Waals surface area contributed by atoms with Crippen molar-refractivity contribution in [1.29, 1.82) is 0 Å². The molecule has 3 heterocycles. The first-order valence-electron chi connectivity index (χ1n) is 9.27. The summed E-state index contributed by atoms with van der Waals surface area (Å²) in [7, 11) is 0. The number of hydrogen-bond donors (Lipinski definition) is 2. The lowest BCUT2D eigenvalue weighted by atomic mass is 10.2. The molecule has 0 bridgehead atoms. The highest BCUT2D eigenvalue weighted by atomic mass is 16.2. The molecule has 1 aliphatic rings. The summed E-state index contributed by atoms with van der Waals surface area (Å²) in [6, 6.07) is 10.2. The van der Waals surface area contributed by atoms with E-state index < -0.39 is 11.7 Å². The first kappa shape index (κ1) is 18.8. The first-order valence-corrected chi connectivity index (χ1v) is 9.27. The molecular formula is C20H20N6O3. The maximum atomic E-state index is 12.9. The lowest BCUT2D eigenvalue weighted by molar-refractivity contribution is -0.114. The van der Waals surface area contributed by atoms with Gasteiger partial charge in [0.2, 0.25) is 0 Å². The van der Waals surface area contributed by atoms with Crippen LogP contribution in [0.15, 0.2) is 42.7 Å². The molecule has 2 aromatic heterocycles. The Morgan fingerprint density at radius 2 is 1.79 bits per heavy atom. The number of rotatable bonds is 5. The van der Waals surface area contributed by atoms with E-state index in [0.717, 1.165) is 19.6 Å². The fraction of sp³-hybridized carbons (Fsp3) is 0.250. The molecule has 2 amide bonds. The average Bonchev–Trinajstić information content (AvgIpc) is 3.17. The van der Waals surface area contributed by atoms with E-state index in [2.05, 4.69) is 32.0 Å². The predicted octanol–water partition coefficient (Wildman–Crippen LogP) is 0.584. The zero-order chi connectivity index (χ0) is 20.4. The summed E-state index contributed by atoms with van der Waals surface area (Å²) in [5.41, 5.74) is 6.94. The zero-order valence-corrected chi connectivity index (χ0v) is 15.7. The number of Topliss-reactive ketones (excluding diaryl/α,β-unsaturated/α-hetero) is 1. The summed E-state index contributed by atoms with van der Waals surface area (Å²) >= 11 is 0. The standard InChI is InChI=1S/C20H20N6O3/c21-19(28)18(27)17-16-14(10-23-17)22-11-15(24-16)20(29)26-8-6-25(7-9-26)12-13-4-2-1-3-5-13/h1-5,10-11,23H,6-9,12H2,(H2,21,28). The van der Waals surface area contributed by atoms with E-state index >= 15 is 0 Å². The molecular weight excluding hydrogens is 372 g/mol. The number of piperazine rings is 1. The molecule has 0 unspecified atom stereocenters. The van der Waals surface area contributed by atoms with Gasteiger partial charge in [-0.05, 0) is 5.56 Å². The maximum absolute atomic E-state index is 12.9. The van der Waals surface area contributed by atoms with Crippen LogP contribution in [0.1, 0.15) is 26.5 Å². The number of nitrogens with two attached hydrogens (primary N) is 1. The monoisotopic (exact) mass is 392 g/mol. The highest BCUT2D eigenvalue weighted by Crippen LogP contribution is 2.16. The maximum Gasteiger partial charge on any atom is 0.291 e. The highest BCUT2D eigenvalue weighted by Gasteiger charge is 2.25. The summed E-state index contributed by atoms with van der Waals surface area (Å²) in [5.74, 6) is -2.24. The SMILES string of the molecule is NC(=O)C(=O)c1[nH]cc2ncc(C(=O)N3CCN(Cc4ccccc4)CC3)nc12. The number of hydrogen-bond acceptors (Lipinski definition) is 6. The van der Waals surface area contributed by atoms with Gasteiger partial charge in [-0.15, -0.1) is 0 Å². The number of carbonyl (C=O) groups excluding carboxylic acids is 3. The number of primary amides is 1. The van der Waals surface area contributed by atoms with Gasteiger partial charge in [0.05, 0.1) is 6.20 Å². The van der Waals surface area contributed by atoms with E-state index in [1.54, 1.807) is 4.90 Å². The van der Waals surface area contributed by atoms with Crippen LogP contribution in [0.4, 0.5) is 0 Å². The Morgan fingerprint density at radius 3 is 2.48 bits per heavy atom. The molecule has 0 atom stereocenters. The normalized spacial score (nSPS) is 14.8. The number of aromatic amines is 1. The molecule has 1 aliphatic heterocycles. The Kier molecular flexibility index (Phi) is 5.05. The number of carbonyl (C=O) groups is 3. The number of nitrogens with one attached hydrogen (secondary N) is 1. The molecule has 0 spiro atoms. The van der Waals surface area contributed by atoms with Crippen molar-refractivity contribution in [2.75, 3.05) is 26.2 Å². The molecule has 4 rings (SSSR count). The van der Waals surface area contributed by atoms with E-state index in [1.165, 1.54) is 18.0 Å². The Hall–Kier alpha value is -3.59. The van der Waals surface area contributed by atoms with Crippen molar-refractivity contribution in [3.05, 3.63) is 59.7 Å². The molecule has 9 nitrogen and oxygen atoms in total. The summed E-state index contributed by atoms with van der Waals surface area (Å²) in [4.78, 5) is 51.1. The second-order valence-corrected chi connectivity index (χ2v) is 6.90. The quantitative estimate of drug-likeness (QED) is 0.483. The number of aromatic nitrogens is 3. The van der Waals surface area contributed by atoms with Gasteiger partial charge in [0, 0.05) is 38.9 Å². The minimum absolute atomic E-state index is 0.0534. The van der Waals surface area contributed by atoms with Crippen LogP contribution in [0.25, 0.3) is 11.0 Å². The van der Waals surface area contributed by atoms with Crippen LogP contribution in [-0.4, -0.2) is 68.5 Å². The van der Waals surface area contributed by atoms with Gasteiger partial charge in [0.25, 0.3) is 17.6 Å². The van der Waals surface area contributed by atoms with E-state index in [4.69, 9.17) is 5.73 Å². The van der Waals surface area contributed by atoms with E-state index in [0.29, 0.717) is 18.6 Å². The molecule has 0 radical (unpaired) electrons. The fourth-order valence-electron chi connectivity index (χ4n) is 3.41. The molecule has 29 heavy (non-hydrogen) atoms. The van der Waals surface area contributed by atoms with Gasteiger partial charge in [0.15, 0.2) is 0 Å². The van der Waals surface area contributed by atoms with Crippen LogP contribution in [0.3, 0.4) is 0 Å². The lowest BCUT2D eigenvalue weighted by Gasteiger charge is -2.34. The Balaban J connectivity index is 1.46. The number of H-pyrrole nitrogens is 1. The Labute approximate surface area is 166 Å². The van der Waals surface area contributed by atoms with Crippen molar-refractivity contribution in [2.45, 2.75) is 6.54 Å². The molecule has 1 aromatic carbocycles. The molecule has 0 saturated carbocycles. The lowest BCUT2D eigenvalue weighted by Crippen LogP contribution is -2.48. The summed E-state index contributed by atoms with van der Waals surface area (Å²) < 4.78 is 0. The second-order valence-electron chi connectivity index (χ2n) is 6.90. The Morgan fingerprint density at radius 1 is 1.07 bits per heavy atom. The summed E-state index contributed by atoms with van der Waals surface area (Å²) in [6.45, 7) is 3.51. The molecule has 148 valence electrons. The molecule has 3 N–H and O–H groups in total. The third-order valence-corrected chi connectivity index (χ3v) is 4.97. The van der Waals surface area contributed by atoms with Gasteiger partial charge < -0.3 is 15.6 Å². The van der Waals surface area contributed by atoms with Crippen LogP contribution in [-0.2, 0) is 11.3 Å². The van der Waals surface area contributed by atoms with Gasteiger partial charge >= 0.3 is 0 Å². The predicted molar refractivity (Wildman–Crippen MR) is 105 cm³/mol. The van der Waals surface area contributed by atoms with Crippen molar-refractivity contribution < 1.29 is 14.4 Å². The topological polar surface area (TPSA) is 125 Å². The molecule has 1 saturated heterocycles. The van der Waals surface area contributed by atoms with Crippen molar-refractivity contribution >= 4 is 28.6 Å². The van der Waals surface area contributed by atoms with Crippen molar-refractivity contribution in [3.8, 4) is 0 Å². The molecule has 3 aromatic rings. The number of fused-ring (bicyclic) bond motifs is 1. The third kappa shape index (κ3) is 3.85. The largest absolute Gasteiger partial charge is 0.363 e. The van der Waals surface area contributed by atoms with Crippen molar-refractivity contribution in [3.63, 3.8) is 0 Å². The van der Waals surface area contributed by atoms with Gasteiger partial charge in [0.1, 0.15) is 22.4 Å². The van der Waals surface area contributed by atoms with Gasteiger partial charge in [-0.1, -0.05) is 30.3 Å². The second kappa shape index (κ2) is 7.80. The highest BCUT2D eigenvalue weighted by molar-refractivity contribution is 6.43. The summed E-state index contributed by atoms with van der Waals surface area (Å²) in [5, 5.41) is 0. The molecule has 9 heteroatoms. The minimum Gasteiger partial charge on any atom is -0.363 e. The van der Waals surface area contributed by atoms with E-state index in [9.17, 15) is 14.4 Å². The number of ketones is 1. The zero-order valence-electron chi connectivity index (χ0n) is 15.7. The number of benzene rings is 1. The van der Waals surface area contributed by atoms with Crippen molar-refractivity contribution in [1.82, 2.24) is 24.8 Å². The van der Waals surface area contributed by atoms with Crippen LogP contribution >= 0.6 is 0 Å². The van der Waals surface area contributed by atoms with Gasteiger partial charge in [-0.2, -0.15) is 0 Å². The smallest absolute Gasteiger partial charge is 0.291 e. The third-order valence-electron chi connectivity index (χ3n) is 4.97. The van der Waals surface area contributed by atoms with Gasteiger partial charge in [-0.3, -0.25) is 24.3 Å². The van der Waals surface area contributed by atoms with E-state index in [-0.39, 0.29) is 22.8 Å². The van der Waals surface area contributed by atoms with Crippen LogP contribution in [0.2, 0.25) is 0 Å². The van der Waals surface area contributed by atoms with Crippen molar-refractivity contribution in [2.24, 2.45) is 5.73 Å². The Bertz CT molecular complexity index is 1070. The average molecular weight is 392 g/mol.